The second kappa shape index (κ2) is 8.65. The van der Waals surface area contributed by atoms with E-state index >= 15 is 0 Å². The maximum Gasteiger partial charge on any atom is 0.408 e. The minimum absolute atomic E-state index is 0.215. The molecule has 0 radical (unpaired) electrons. The van der Waals surface area contributed by atoms with Crippen molar-refractivity contribution in [2.75, 3.05) is 0 Å². The summed E-state index contributed by atoms with van der Waals surface area (Å²) < 4.78 is 5.10. The maximum atomic E-state index is 12.5. The molecule has 0 fully saturated rings. The lowest BCUT2D eigenvalue weighted by atomic mass is 9.91. The van der Waals surface area contributed by atoms with Crippen molar-refractivity contribution in [2.24, 2.45) is 5.73 Å². The van der Waals surface area contributed by atoms with Crippen molar-refractivity contribution >= 4 is 23.7 Å². The zero-order chi connectivity index (χ0) is 19.1. The second-order valence-electron chi connectivity index (χ2n) is 6.75. The molecule has 0 aromatic carbocycles. The average molecular weight is 343 g/mol. The molecule has 0 heterocycles. The van der Waals surface area contributed by atoms with Gasteiger partial charge < -0.3 is 21.1 Å². The van der Waals surface area contributed by atoms with Crippen LogP contribution in [0, 0.1) is 0 Å². The van der Waals surface area contributed by atoms with Crippen LogP contribution in [0.15, 0.2) is 0 Å². The fourth-order valence-electron chi connectivity index (χ4n) is 2.11. The van der Waals surface area contributed by atoms with Gasteiger partial charge in [-0.2, -0.15) is 0 Å². The zero-order valence-electron chi connectivity index (χ0n) is 15.3. The number of ketones is 1. The van der Waals surface area contributed by atoms with Gasteiger partial charge >= 0.3 is 6.09 Å². The molecule has 0 aromatic heterocycles. The van der Waals surface area contributed by atoms with E-state index in [1.54, 1.807) is 34.6 Å². The first-order valence-electron chi connectivity index (χ1n) is 7.97. The van der Waals surface area contributed by atoms with E-state index in [4.69, 9.17) is 10.5 Å². The van der Waals surface area contributed by atoms with Gasteiger partial charge in [-0.1, -0.05) is 13.8 Å². The van der Waals surface area contributed by atoms with E-state index in [0.29, 0.717) is 12.8 Å². The van der Waals surface area contributed by atoms with Crippen LogP contribution in [0.1, 0.15) is 60.8 Å². The molecular formula is C16H29N3O5. The first-order chi connectivity index (χ1) is 10.9. The third-order valence-corrected chi connectivity index (χ3v) is 3.54. The van der Waals surface area contributed by atoms with Crippen LogP contribution in [0.2, 0.25) is 0 Å². The standard InChI is InChI=1S/C16H29N3O5/c1-7-16(8-2,13(17)22)19-12(21)11(9-10(3)20)18-14(23)24-15(4,5)6/h11H,7-9H2,1-6H3,(H2,17,22)(H,18,23)(H,19,21). The number of hydrogen-bond donors (Lipinski definition) is 3. The van der Waals surface area contributed by atoms with Gasteiger partial charge in [0.15, 0.2) is 0 Å². The molecule has 8 heteroatoms. The number of nitrogens with two attached hydrogens (primary N) is 1. The fraction of sp³-hybridized carbons (Fsp3) is 0.750. The van der Waals surface area contributed by atoms with Crippen molar-refractivity contribution in [3.8, 4) is 0 Å². The van der Waals surface area contributed by atoms with Crippen molar-refractivity contribution in [2.45, 2.75) is 78.0 Å². The quantitative estimate of drug-likeness (QED) is 0.606. The summed E-state index contributed by atoms with van der Waals surface area (Å²) in [5, 5.41) is 4.94. The Morgan fingerprint density at radius 2 is 1.58 bits per heavy atom. The first-order valence-corrected chi connectivity index (χ1v) is 7.97. The maximum absolute atomic E-state index is 12.5. The average Bonchev–Trinajstić information content (AvgIpc) is 2.40. The lowest BCUT2D eigenvalue weighted by Gasteiger charge is -2.31. The molecule has 1 unspecified atom stereocenters. The van der Waals surface area contributed by atoms with E-state index in [-0.39, 0.29) is 12.2 Å². The van der Waals surface area contributed by atoms with Crippen molar-refractivity contribution in [1.82, 2.24) is 10.6 Å². The third kappa shape index (κ3) is 6.97. The Bertz CT molecular complexity index is 492. The summed E-state index contributed by atoms with van der Waals surface area (Å²) in [4.78, 5) is 47.5. The summed E-state index contributed by atoms with van der Waals surface area (Å²) in [6, 6.07) is -1.14. The Kier molecular flexibility index (Phi) is 7.89. The topological polar surface area (TPSA) is 128 Å². The van der Waals surface area contributed by atoms with E-state index in [2.05, 4.69) is 10.6 Å². The molecule has 4 N–H and O–H groups in total. The van der Waals surface area contributed by atoms with E-state index in [9.17, 15) is 19.2 Å². The number of nitrogens with one attached hydrogen (secondary N) is 2. The largest absolute Gasteiger partial charge is 0.444 e. The van der Waals surface area contributed by atoms with Crippen LogP contribution in [-0.4, -0.2) is 40.9 Å². The number of carbonyl (C=O) groups is 4. The van der Waals surface area contributed by atoms with E-state index in [1.165, 1.54) is 6.92 Å². The van der Waals surface area contributed by atoms with Crippen LogP contribution in [0.4, 0.5) is 4.79 Å². The first kappa shape index (κ1) is 21.9. The molecule has 3 amide bonds. The number of rotatable bonds is 8. The summed E-state index contributed by atoms with van der Waals surface area (Å²) in [5.74, 6) is -1.61. The predicted molar refractivity (Wildman–Crippen MR) is 89.1 cm³/mol. The third-order valence-electron chi connectivity index (χ3n) is 3.54. The van der Waals surface area contributed by atoms with Gasteiger partial charge in [0, 0.05) is 6.42 Å². The Morgan fingerprint density at radius 3 is 1.92 bits per heavy atom. The number of hydrogen-bond acceptors (Lipinski definition) is 5. The molecule has 24 heavy (non-hydrogen) atoms. The molecule has 0 saturated heterocycles. The minimum atomic E-state index is -1.22. The van der Waals surface area contributed by atoms with Crippen LogP contribution in [-0.2, 0) is 19.1 Å². The van der Waals surface area contributed by atoms with Crippen LogP contribution < -0.4 is 16.4 Å². The molecular weight excluding hydrogens is 314 g/mol. The Labute approximate surface area is 142 Å². The summed E-state index contributed by atoms with van der Waals surface area (Å²) in [7, 11) is 0. The monoisotopic (exact) mass is 343 g/mol. The molecule has 8 nitrogen and oxygen atoms in total. The van der Waals surface area contributed by atoms with Crippen LogP contribution in [0.5, 0.6) is 0 Å². The van der Waals surface area contributed by atoms with Gasteiger partial charge in [0.05, 0.1) is 0 Å². The highest BCUT2D eigenvalue weighted by atomic mass is 16.6. The highest BCUT2D eigenvalue weighted by Gasteiger charge is 2.37. The summed E-state index contributed by atoms with van der Waals surface area (Å²) in [6.45, 7) is 9.78. The minimum Gasteiger partial charge on any atom is -0.444 e. The molecule has 0 rings (SSSR count). The van der Waals surface area contributed by atoms with Gasteiger partial charge in [0.2, 0.25) is 11.8 Å². The molecule has 0 spiro atoms. The predicted octanol–water partition coefficient (Wildman–Crippen LogP) is 1.02. The van der Waals surface area contributed by atoms with E-state index in [0.717, 1.165) is 0 Å². The Morgan fingerprint density at radius 1 is 1.08 bits per heavy atom. The van der Waals surface area contributed by atoms with Crippen molar-refractivity contribution in [1.29, 1.82) is 0 Å². The van der Waals surface area contributed by atoms with E-state index < -0.39 is 35.1 Å². The molecule has 0 aromatic rings. The summed E-state index contributed by atoms with van der Waals surface area (Å²) in [6.07, 6.45) is -0.442. The normalized spacial score (nSPS) is 12.9. The van der Waals surface area contributed by atoms with Gasteiger partial charge in [-0.05, 0) is 40.5 Å². The van der Waals surface area contributed by atoms with Crippen molar-refractivity contribution in [3.63, 3.8) is 0 Å². The van der Waals surface area contributed by atoms with Crippen molar-refractivity contribution in [3.05, 3.63) is 0 Å². The fourth-order valence-corrected chi connectivity index (χ4v) is 2.11. The van der Waals surface area contributed by atoms with Gasteiger partial charge in [-0.25, -0.2) is 4.79 Å². The van der Waals surface area contributed by atoms with Gasteiger partial charge in [-0.15, -0.1) is 0 Å². The van der Waals surface area contributed by atoms with E-state index in [1.807, 2.05) is 0 Å². The lowest BCUT2D eigenvalue weighted by Crippen LogP contribution is -2.61. The smallest absolute Gasteiger partial charge is 0.408 e. The number of Topliss-reactive ketones (excluding diaryl/α,β-unsaturated/α-hetero) is 1. The SMILES string of the molecule is CCC(CC)(NC(=O)C(CC(C)=O)NC(=O)OC(C)(C)C)C(N)=O. The second-order valence-corrected chi connectivity index (χ2v) is 6.75. The number of ether oxygens (including phenoxy) is 1. The Balaban J connectivity index is 5.23. The highest BCUT2D eigenvalue weighted by Crippen LogP contribution is 2.15. The summed E-state index contributed by atoms with van der Waals surface area (Å²) >= 11 is 0. The number of amides is 3. The number of alkyl carbamates (subject to hydrolysis) is 1. The van der Waals surface area contributed by atoms with Crippen molar-refractivity contribution < 1.29 is 23.9 Å². The molecule has 0 aliphatic rings. The Hall–Kier alpha value is -2.12. The van der Waals surface area contributed by atoms with Crippen LogP contribution >= 0.6 is 0 Å². The van der Waals surface area contributed by atoms with Crippen LogP contribution in [0.25, 0.3) is 0 Å². The highest BCUT2D eigenvalue weighted by molar-refractivity contribution is 5.95. The van der Waals surface area contributed by atoms with Gasteiger partial charge in [-0.3, -0.25) is 14.4 Å². The molecule has 138 valence electrons. The van der Waals surface area contributed by atoms with Gasteiger partial charge in [0.25, 0.3) is 0 Å². The van der Waals surface area contributed by atoms with Gasteiger partial charge in [0.1, 0.15) is 23.0 Å². The molecule has 1 atom stereocenters. The zero-order valence-corrected chi connectivity index (χ0v) is 15.3. The molecule has 0 aliphatic heterocycles. The molecule has 0 saturated carbocycles. The number of carbonyl (C=O) groups excluding carboxylic acids is 4. The van der Waals surface area contributed by atoms with Crippen LogP contribution in [0.3, 0.4) is 0 Å². The summed E-state index contributed by atoms with van der Waals surface area (Å²) in [5.41, 5.74) is 3.43. The lowest BCUT2D eigenvalue weighted by molar-refractivity contribution is -0.133. The number of primary amides is 1. The molecule has 0 aliphatic carbocycles. The molecule has 0 bridgehead atoms.